The summed E-state index contributed by atoms with van der Waals surface area (Å²) in [7, 11) is 0. The van der Waals surface area contributed by atoms with Gasteiger partial charge in [0, 0.05) is 42.7 Å². The summed E-state index contributed by atoms with van der Waals surface area (Å²) in [5.74, 6) is 2.54. The third-order valence-corrected chi connectivity index (χ3v) is 7.50. The molecule has 0 aromatic heterocycles. The summed E-state index contributed by atoms with van der Waals surface area (Å²) in [5.41, 5.74) is 1.84. The Bertz CT molecular complexity index is 1040. The molecule has 184 valence electrons. The maximum absolute atomic E-state index is 13.5. The fourth-order valence-electron chi connectivity index (χ4n) is 5.37. The van der Waals surface area contributed by atoms with Crippen LogP contribution in [-0.2, 0) is 14.3 Å². The van der Waals surface area contributed by atoms with Gasteiger partial charge in [-0.05, 0) is 64.5 Å². The summed E-state index contributed by atoms with van der Waals surface area (Å²) in [5, 5.41) is 0. The van der Waals surface area contributed by atoms with E-state index in [1.807, 2.05) is 19.1 Å². The average Bonchev–Trinajstić information content (AvgIpc) is 2.70. The van der Waals surface area contributed by atoms with Crippen molar-refractivity contribution < 1.29 is 23.8 Å². The van der Waals surface area contributed by atoms with Gasteiger partial charge in [-0.1, -0.05) is 34.6 Å². The Morgan fingerprint density at radius 3 is 1.97 bits per heavy atom. The zero-order valence-corrected chi connectivity index (χ0v) is 23.3. The van der Waals surface area contributed by atoms with Gasteiger partial charge in [0.25, 0.3) is 0 Å². The minimum Gasteiger partial charge on any atom is -0.490 e. The van der Waals surface area contributed by atoms with Crippen molar-refractivity contribution >= 4 is 34.2 Å². The highest BCUT2D eigenvalue weighted by molar-refractivity contribution is 14.1. The summed E-state index contributed by atoms with van der Waals surface area (Å²) in [6.45, 7) is 13.5. The van der Waals surface area contributed by atoms with E-state index in [-0.39, 0.29) is 22.4 Å². The van der Waals surface area contributed by atoms with Crippen LogP contribution in [0.2, 0.25) is 0 Å². The van der Waals surface area contributed by atoms with Crippen molar-refractivity contribution in [3.8, 4) is 11.5 Å². The smallest absolute Gasteiger partial charge is 0.174 e. The van der Waals surface area contributed by atoms with Crippen LogP contribution in [0.15, 0.2) is 34.8 Å². The van der Waals surface area contributed by atoms with Crippen molar-refractivity contribution in [3.63, 3.8) is 0 Å². The first-order valence-corrected chi connectivity index (χ1v) is 13.3. The van der Waals surface area contributed by atoms with Crippen molar-refractivity contribution in [2.45, 2.75) is 79.6 Å². The number of carbonyl (C=O) groups is 2. The molecule has 1 aliphatic heterocycles. The van der Waals surface area contributed by atoms with Gasteiger partial charge < -0.3 is 14.2 Å². The van der Waals surface area contributed by atoms with Crippen LogP contribution in [-0.4, -0.2) is 24.8 Å². The Labute approximate surface area is 216 Å². The molecule has 0 saturated carbocycles. The molecule has 0 bridgehead atoms. The molecule has 0 fully saturated rings. The molecule has 3 aliphatic rings. The number of hydrogen-bond donors (Lipinski definition) is 0. The third-order valence-electron chi connectivity index (χ3n) is 6.70. The molecule has 0 N–H and O–H groups in total. The number of ketones is 2. The van der Waals surface area contributed by atoms with Gasteiger partial charge in [-0.3, -0.25) is 9.59 Å². The molecule has 1 aromatic carbocycles. The van der Waals surface area contributed by atoms with Crippen LogP contribution >= 0.6 is 22.6 Å². The number of hydrogen-bond acceptors (Lipinski definition) is 5. The fraction of sp³-hybridized carbons (Fsp3) is 0.571. The van der Waals surface area contributed by atoms with Gasteiger partial charge in [0.1, 0.15) is 11.5 Å². The second-order valence-corrected chi connectivity index (χ2v) is 12.4. The van der Waals surface area contributed by atoms with Crippen LogP contribution in [0.1, 0.15) is 85.1 Å². The lowest BCUT2D eigenvalue weighted by Crippen LogP contribution is -2.37. The quantitative estimate of drug-likeness (QED) is 0.345. The number of rotatable bonds is 6. The molecule has 6 heteroatoms. The van der Waals surface area contributed by atoms with Gasteiger partial charge >= 0.3 is 0 Å². The lowest BCUT2D eigenvalue weighted by molar-refractivity contribution is -0.120. The van der Waals surface area contributed by atoms with Gasteiger partial charge in [-0.15, -0.1) is 0 Å². The van der Waals surface area contributed by atoms with E-state index in [4.69, 9.17) is 14.2 Å². The van der Waals surface area contributed by atoms with Crippen LogP contribution in [0.4, 0.5) is 0 Å². The predicted molar refractivity (Wildman–Crippen MR) is 140 cm³/mol. The molecule has 1 heterocycles. The topological polar surface area (TPSA) is 61.8 Å². The summed E-state index contributed by atoms with van der Waals surface area (Å²) in [4.78, 5) is 27.0. The van der Waals surface area contributed by atoms with E-state index in [9.17, 15) is 9.59 Å². The van der Waals surface area contributed by atoms with E-state index in [1.165, 1.54) is 0 Å². The SMILES string of the molecule is CCCOc1c(I)cc(C2C3=C(CC(C)(C)CC3=O)OC3=C2C(=O)CC(C)(C)C3)cc1OCC. The van der Waals surface area contributed by atoms with Crippen molar-refractivity contribution in [1.29, 1.82) is 0 Å². The van der Waals surface area contributed by atoms with Crippen LogP contribution < -0.4 is 9.47 Å². The van der Waals surface area contributed by atoms with E-state index in [0.29, 0.717) is 55.8 Å². The van der Waals surface area contributed by atoms with Crippen LogP contribution in [0.25, 0.3) is 0 Å². The summed E-state index contributed by atoms with van der Waals surface area (Å²) in [6, 6.07) is 4.00. The highest BCUT2D eigenvalue weighted by Crippen LogP contribution is 2.54. The third kappa shape index (κ3) is 4.79. The second-order valence-electron chi connectivity index (χ2n) is 11.2. The van der Waals surface area contributed by atoms with Crippen LogP contribution in [0.3, 0.4) is 0 Å². The molecule has 5 nitrogen and oxygen atoms in total. The minimum absolute atomic E-state index is 0.0692. The lowest BCUT2D eigenvalue weighted by Gasteiger charge is -2.42. The van der Waals surface area contributed by atoms with Crippen LogP contribution in [0.5, 0.6) is 11.5 Å². The van der Waals surface area contributed by atoms with Crippen LogP contribution in [0, 0.1) is 14.4 Å². The monoisotopic (exact) mass is 578 g/mol. The minimum atomic E-state index is -0.432. The molecule has 0 unspecified atom stereocenters. The largest absolute Gasteiger partial charge is 0.490 e. The molecule has 4 rings (SSSR count). The predicted octanol–water partition coefficient (Wildman–Crippen LogP) is 6.88. The van der Waals surface area contributed by atoms with E-state index in [0.717, 1.165) is 32.8 Å². The number of carbonyl (C=O) groups excluding carboxylic acids is 2. The highest BCUT2D eigenvalue weighted by atomic mass is 127. The molecule has 0 spiro atoms. The van der Waals surface area contributed by atoms with Crippen molar-refractivity contribution in [2.24, 2.45) is 10.8 Å². The molecule has 0 saturated heterocycles. The van der Waals surface area contributed by atoms with Crippen molar-refractivity contribution in [1.82, 2.24) is 0 Å². The normalized spacial score (nSPS) is 21.7. The standard InChI is InChI=1S/C28H35IO5/c1-7-9-33-26-17(29)10-16(11-20(26)32-8-2)23-24-18(30)12-27(3,4)14-21(24)34-22-15-28(5,6)13-19(31)25(22)23/h10-11,23H,7-9,12-15H2,1-6H3. The lowest BCUT2D eigenvalue weighted by atomic mass is 9.65. The van der Waals surface area contributed by atoms with Crippen molar-refractivity contribution in [3.05, 3.63) is 43.9 Å². The number of benzene rings is 1. The molecule has 34 heavy (non-hydrogen) atoms. The molecule has 2 aliphatic carbocycles. The summed E-state index contributed by atoms with van der Waals surface area (Å²) >= 11 is 2.27. The van der Waals surface area contributed by atoms with Gasteiger partial charge in [-0.2, -0.15) is 0 Å². The Hall–Kier alpha value is -1.83. The maximum atomic E-state index is 13.5. The Morgan fingerprint density at radius 1 is 0.912 bits per heavy atom. The van der Waals surface area contributed by atoms with E-state index >= 15 is 0 Å². The highest BCUT2D eigenvalue weighted by Gasteiger charge is 2.48. The van der Waals surface area contributed by atoms with Gasteiger partial charge in [-0.25, -0.2) is 0 Å². The Kier molecular flexibility index (Phi) is 6.93. The number of allylic oxidation sites excluding steroid dienone is 4. The zero-order chi connectivity index (χ0) is 24.8. The molecular weight excluding hydrogens is 543 g/mol. The second kappa shape index (κ2) is 9.32. The summed E-state index contributed by atoms with van der Waals surface area (Å²) < 4.78 is 19.3. The van der Waals surface area contributed by atoms with Crippen molar-refractivity contribution in [2.75, 3.05) is 13.2 Å². The Balaban J connectivity index is 1.91. The molecule has 0 atom stereocenters. The number of ether oxygens (including phenoxy) is 3. The molecule has 0 radical (unpaired) electrons. The van der Waals surface area contributed by atoms with Gasteiger partial charge in [0.2, 0.25) is 0 Å². The number of halogens is 1. The Morgan fingerprint density at radius 2 is 1.47 bits per heavy atom. The van der Waals surface area contributed by atoms with E-state index in [1.54, 1.807) is 0 Å². The first-order valence-electron chi connectivity index (χ1n) is 12.3. The number of Topliss-reactive ketones (excluding diaryl/α,β-unsaturated/α-hetero) is 2. The molecule has 1 aromatic rings. The maximum Gasteiger partial charge on any atom is 0.174 e. The van der Waals surface area contributed by atoms with Gasteiger partial charge in [0.15, 0.2) is 23.1 Å². The molecular formula is C28H35IO5. The zero-order valence-electron chi connectivity index (χ0n) is 21.1. The average molecular weight is 578 g/mol. The van der Waals surface area contributed by atoms with Gasteiger partial charge in [0.05, 0.1) is 16.8 Å². The fourth-order valence-corrected chi connectivity index (χ4v) is 6.15. The van der Waals surface area contributed by atoms with E-state index in [2.05, 4.69) is 57.2 Å². The molecule has 0 amide bonds. The van der Waals surface area contributed by atoms with E-state index < -0.39 is 5.92 Å². The summed E-state index contributed by atoms with van der Waals surface area (Å²) in [6.07, 6.45) is 3.15. The first-order chi connectivity index (χ1) is 16.0. The first kappa shape index (κ1) is 25.3.